The lowest BCUT2D eigenvalue weighted by Crippen LogP contribution is -2.29. The molecular formula is C21H25N3O5. The highest BCUT2D eigenvalue weighted by Gasteiger charge is 2.31. The summed E-state index contributed by atoms with van der Waals surface area (Å²) < 4.78 is 11.7. The van der Waals surface area contributed by atoms with Crippen LogP contribution in [-0.2, 0) is 20.9 Å². The van der Waals surface area contributed by atoms with Crippen LogP contribution >= 0.6 is 0 Å². The lowest BCUT2D eigenvalue weighted by Gasteiger charge is -2.20. The van der Waals surface area contributed by atoms with Crippen molar-refractivity contribution in [1.29, 1.82) is 0 Å². The average Bonchev–Trinajstić information content (AvgIpc) is 3.25. The van der Waals surface area contributed by atoms with Crippen LogP contribution in [0.1, 0.15) is 57.2 Å². The van der Waals surface area contributed by atoms with Gasteiger partial charge in [0.25, 0.3) is 0 Å². The first kappa shape index (κ1) is 20.6. The number of rotatable bonds is 4. The van der Waals surface area contributed by atoms with E-state index in [1.165, 1.54) is 0 Å². The number of anilines is 1. The average molecular weight is 399 g/mol. The molecule has 1 heterocycles. The first-order valence-corrected chi connectivity index (χ1v) is 9.54. The highest BCUT2D eigenvalue weighted by molar-refractivity contribution is 5.85. The number of ketones is 1. The minimum absolute atomic E-state index is 0.115. The molecule has 1 amide bonds. The van der Waals surface area contributed by atoms with Crippen molar-refractivity contribution >= 4 is 23.8 Å². The number of carbonyl (C=O) groups is 3. The van der Waals surface area contributed by atoms with Crippen molar-refractivity contribution in [2.24, 2.45) is 0 Å². The van der Waals surface area contributed by atoms with Gasteiger partial charge in [-0.25, -0.2) is 9.59 Å². The number of carbonyl (C=O) groups excluding carboxylic acids is 3. The monoisotopic (exact) mass is 399 g/mol. The Labute approximate surface area is 169 Å². The molecule has 1 atom stereocenters. The molecule has 3 rings (SSSR count). The third kappa shape index (κ3) is 5.66. The van der Waals surface area contributed by atoms with E-state index >= 15 is 0 Å². The third-order valence-corrected chi connectivity index (χ3v) is 4.41. The molecule has 1 saturated carbocycles. The van der Waals surface area contributed by atoms with E-state index in [1.54, 1.807) is 26.8 Å². The maximum absolute atomic E-state index is 12.6. The van der Waals surface area contributed by atoms with Crippen molar-refractivity contribution in [2.75, 3.05) is 5.32 Å². The molecule has 1 aliphatic carbocycles. The van der Waals surface area contributed by atoms with E-state index < -0.39 is 17.8 Å². The molecule has 8 nitrogen and oxygen atoms in total. The summed E-state index contributed by atoms with van der Waals surface area (Å²) >= 11 is 0. The van der Waals surface area contributed by atoms with Gasteiger partial charge >= 0.3 is 12.2 Å². The second-order valence-corrected chi connectivity index (χ2v) is 8.01. The second-order valence-electron chi connectivity index (χ2n) is 8.01. The van der Waals surface area contributed by atoms with E-state index in [-0.39, 0.29) is 24.1 Å². The quantitative estimate of drug-likeness (QED) is 0.825. The van der Waals surface area contributed by atoms with Crippen molar-refractivity contribution in [2.45, 2.75) is 58.2 Å². The predicted octanol–water partition coefficient (Wildman–Crippen LogP) is 4.25. The number of hydrogen-bond donors (Lipinski definition) is 1. The maximum atomic E-state index is 12.6. The van der Waals surface area contributed by atoms with Crippen molar-refractivity contribution < 1.29 is 23.9 Å². The zero-order chi connectivity index (χ0) is 21.0. The maximum Gasteiger partial charge on any atom is 0.435 e. The molecule has 29 heavy (non-hydrogen) atoms. The number of hydrogen-bond acceptors (Lipinski definition) is 6. The Morgan fingerprint density at radius 3 is 2.59 bits per heavy atom. The molecular weight excluding hydrogens is 374 g/mol. The van der Waals surface area contributed by atoms with E-state index in [0.29, 0.717) is 25.0 Å². The van der Waals surface area contributed by atoms with Gasteiger partial charge in [0.1, 0.15) is 18.0 Å². The summed E-state index contributed by atoms with van der Waals surface area (Å²) in [5.74, 6) is 0.172. The third-order valence-electron chi connectivity index (χ3n) is 4.41. The van der Waals surface area contributed by atoms with E-state index in [1.807, 2.05) is 30.3 Å². The van der Waals surface area contributed by atoms with Crippen LogP contribution in [0.4, 0.5) is 15.4 Å². The number of amides is 1. The van der Waals surface area contributed by atoms with Crippen LogP contribution < -0.4 is 5.32 Å². The number of nitrogens with zero attached hydrogens (tertiary/aromatic N) is 2. The molecule has 0 radical (unpaired) electrons. The molecule has 154 valence electrons. The minimum Gasteiger partial charge on any atom is -0.444 e. The van der Waals surface area contributed by atoms with Gasteiger partial charge in [-0.2, -0.15) is 4.68 Å². The number of Topliss-reactive ketones (excluding diaryl/α,β-unsaturated/α-hetero) is 1. The first-order valence-electron chi connectivity index (χ1n) is 9.54. The van der Waals surface area contributed by atoms with E-state index in [0.717, 1.165) is 10.2 Å². The molecule has 0 bridgehead atoms. The largest absolute Gasteiger partial charge is 0.444 e. The SMILES string of the molecule is CC(C)(C)OC(=O)n1nc(NC(=O)OCc2ccccc2)cc1C1CCC(=O)C1. The minimum atomic E-state index is -0.700. The van der Waals surface area contributed by atoms with Gasteiger partial charge in [-0.05, 0) is 32.8 Å². The summed E-state index contributed by atoms with van der Waals surface area (Å²) in [4.78, 5) is 36.4. The summed E-state index contributed by atoms with van der Waals surface area (Å²) in [6.07, 6.45) is 0.0956. The first-order chi connectivity index (χ1) is 13.7. The summed E-state index contributed by atoms with van der Waals surface area (Å²) in [5, 5.41) is 6.72. The van der Waals surface area contributed by atoms with Gasteiger partial charge in [0.2, 0.25) is 0 Å². The Hall–Kier alpha value is -3.16. The second kappa shape index (κ2) is 8.46. The Bertz CT molecular complexity index is 899. The van der Waals surface area contributed by atoms with E-state index in [9.17, 15) is 14.4 Å². The van der Waals surface area contributed by atoms with Crippen LogP contribution in [0.2, 0.25) is 0 Å². The fourth-order valence-corrected chi connectivity index (χ4v) is 3.13. The van der Waals surface area contributed by atoms with Crippen LogP contribution in [0, 0.1) is 0 Å². The molecule has 1 unspecified atom stereocenters. The standard InChI is InChI=1S/C21H25N3O5/c1-21(2,3)29-20(27)24-17(15-9-10-16(25)11-15)12-18(23-24)22-19(26)28-13-14-7-5-4-6-8-14/h4-8,12,15H,9-11,13H2,1-3H3,(H,22,23,26). The molecule has 0 saturated heterocycles. The zero-order valence-electron chi connectivity index (χ0n) is 16.8. The molecule has 8 heteroatoms. The molecule has 1 N–H and O–H groups in total. The van der Waals surface area contributed by atoms with E-state index in [4.69, 9.17) is 9.47 Å². The van der Waals surface area contributed by atoms with Crippen LogP contribution in [0.15, 0.2) is 36.4 Å². The molecule has 1 aliphatic rings. The lowest BCUT2D eigenvalue weighted by atomic mass is 10.0. The van der Waals surface area contributed by atoms with Crippen LogP contribution in [-0.4, -0.2) is 33.4 Å². The van der Waals surface area contributed by atoms with Crippen molar-refractivity contribution in [3.63, 3.8) is 0 Å². The summed E-state index contributed by atoms with van der Waals surface area (Å²) in [7, 11) is 0. The number of aromatic nitrogens is 2. The van der Waals surface area contributed by atoms with Crippen molar-refractivity contribution in [1.82, 2.24) is 9.78 Å². The summed E-state index contributed by atoms with van der Waals surface area (Å²) in [6, 6.07) is 10.9. The topological polar surface area (TPSA) is 99.5 Å². The molecule has 1 aromatic heterocycles. The summed E-state index contributed by atoms with van der Waals surface area (Å²) in [5.41, 5.74) is 0.698. The van der Waals surface area contributed by atoms with Gasteiger partial charge in [0, 0.05) is 24.8 Å². The number of benzene rings is 1. The molecule has 0 spiro atoms. The van der Waals surface area contributed by atoms with Gasteiger partial charge in [0.05, 0.1) is 5.69 Å². The Morgan fingerprint density at radius 1 is 1.24 bits per heavy atom. The van der Waals surface area contributed by atoms with Crippen LogP contribution in [0.5, 0.6) is 0 Å². The molecule has 0 aliphatic heterocycles. The van der Waals surface area contributed by atoms with Gasteiger partial charge in [0.15, 0.2) is 5.82 Å². The lowest BCUT2D eigenvalue weighted by molar-refractivity contribution is -0.117. The van der Waals surface area contributed by atoms with Crippen LogP contribution in [0.3, 0.4) is 0 Å². The van der Waals surface area contributed by atoms with Gasteiger partial charge in [-0.3, -0.25) is 10.1 Å². The Morgan fingerprint density at radius 2 is 1.97 bits per heavy atom. The highest BCUT2D eigenvalue weighted by atomic mass is 16.6. The Balaban J connectivity index is 1.73. The zero-order valence-corrected chi connectivity index (χ0v) is 16.8. The molecule has 1 fully saturated rings. The van der Waals surface area contributed by atoms with Gasteiger partial charge in [-0.15, -0.1) is 5.10 Å². The van der Waals surface area contributed by atoms with Crippen LogP contribution in [0.25, 0.3) is 0 Å². The van der Waals surface area contributed by atoms with Gasteiger partial charge < -0.3 is 9.47 Å². The van der Waals surface area contributed by atoms with Crippen molar-refractivity contribution in [3.8, 4) is 0 Å². The molecule has 2 aromatic rings. The highest BCUT2D eigenvalue weighted by Crippen LogP contribution is 2.33. The predicted molar refractivity (Wildman–Crippen MR) is 106 cm³/mol. The van der Waals surface area contributed by atoms with Gasteiger partial charge in [-0.1, -0.05) is 30.3 Å². The summed E-state index contributed by atoms with van der Waals surface area (Å²) in [6.45, 7) is 5.39. The smallest absolute Gasteiger partial charge is 0.435 e. The fourth-order valence-electron chi connectivity index (χ4n) is 3.13. The number of nitrogens with one attached hydrogen (secondary N) is 1. The molecule has 1 aromatic carbocycles. The van der Waals surface area contributed by atoms with Crippen molar-refractivity contribution in [3.05, 3.63) is 47.7 Å². The normalized spacial score (nSPS) is 16.5. The number of ether oxygens (including phenoxy) is 2. The Kier molecular flexibility index (Phi) is 6.00. The van der Waals surface area contributed by atoms with E-state index in [2.05, 4.69) is 10.4 Å². The fraction of sp³-hybridized carbons (Fsp3) is 0.429.